The molecule has 0 bridgehead atoms. The standard InChI is InChI=1S/C15H11Cl2N3O2/c16-12-5-1-3-10(7-12)14(9-18-22)19-20-15(21)11-4-2-6-13(17)8-11/h1-9,22H,(H,20,21)/b18-9+,19-14+. The third-order valence-electron chi connectivity index (χ3n) is 2.67. The number of oxime groups is 1. The maximum absolute atomic E-state index is 12.0. The molecule has 5 nitrogen and oxygen atoms in total. The number of hydrazone groups is 1. The van der Waals surface area contributed by atoms with Crippen LogP contribution < -0.4 is 5.43 Å². The monoisotopic (exact) mass is 335 g/mol. The van der Waals surface area contributed by atoms with Crippen molar-refractivity contribution >= 4 is 41.0 Å². The Bertz CT molecular complexity index is 745. The minimum atomic E-state index is -0.437. The number of nitrogens with zero attached hydrogens (tertiary/aromatic N) is 2. The van der Waals surface area contributed by atoms with Crippen LogP contribution >= 0.6 is 23.2 Å². The quantitative estimate of drug-likeness (QED) is 0.509. The summed E-state index contributed by atoms with van der Waals surface area (Å²) in [4.78, 5) is 12.0. The van der Waals surface area contributed by atoms with Gasteiger partial charge in [-0.15, -0.1) is 0 Å². The highest BCUT2D eigenvalue weighted by Crippen LogP contribution is 2.12. The highest BCUT2D eigenvalue weighted by atomic mass is 35.5. The first-order chi connectivity index (χ1) is 10.6. The fourth-order valence-corrected chi connectivity index (χ4v) is 2.06. The van der Waals surface area contributed by atoms with Gasteiger partial charge in [0.25, 0.3) is 5.91 Å². The summed E-state index contributed by atoms with van der Waals surface area (Å²) in [5, 5.41) is 16.5. The van der Waals surface area contributed by atoms with Gasteiger partial charge in [-0.2, -0.15) is 5.10 Å². The molecule has 7 heteroatoms. The van der Waals surface area contributed by atoms with Gasteiger partial charge in [0.15, 0.2) is 0 Å². The van der Waals surface area contributed by atoms with E-state index in [2.05, 4.69) is 15.7 Å². The van der Waals surface area contributed by atoms with E-state index in [9.17, 15) is 4.79 Å². The summed E-state index contributed by atoms with van der Waals surface area (Å²) in [5.41, 5.74) is 3.58. The van der Waals surface area contributed by atoms with Gasteiger partial charge in [0, 0.05) is 21.2 Å². The number of hydrogen-bond donors (Lipinski definition) is 2. The van der Waals surface area contributed by atoms with Gasteiger partial charge >= 0.3 is 0 Å². The van der Waals surface area contributed by atoms with Crippen LogP contribution in [-0.4, -0.2) is 23.0 Å². The van der Waals surface area contributed by atoms with Crippen molar-refractivity contribution in [2.24, 2.45) is 10.3 Å². The Balaban J connectivity index is 2.22. The minimum absolute atomic E-state index is 0.250. The van der Waals surface area contributed by atoms with Crippen molar-refractivity contribution in [2.45, 2.75) is 0 Å². The third-order valence-corrected chi connectivity index (χ3v) is 3.14. The van der Waals surface area contributed by atoms with E-state index in [0.717, 1.165) is 6.21 Å². The largest absolute Gasteiger partial charge is 0.411 e. The molecule has 2 N–H and O–H groups in total. The molecule has 0 aliphatic heterocycles. The number of nitrogens with one attached hydrogen (secondary N) is 1. The molecule has 0 aliphatic carbocycles. The number of rotatable bonds is 4. The molecule has 0 fully saturated rings. The highest BCUT2D eigenvalue weighted by molar-refractivity contribution is 6.39. The van der Waals surface area contributed by atoms with Crippen LogP contribution in [0, 0.1) is 0 Å². The topological polar surface area (TPSA) is 74.0 Å². The Morgan fingerprint density at radius 3 is 2.23 bits per heavy atom. The van der Waals surface area contributed by atoms with Crippen LogP contribution in [0.1, 0.15) is 15.9 Å². The molecular formula is C15H11Cl2N3O2. The highest BCUT2D eigenvalue weighted by Gasteiger charge is 2.07. The summed E-state index contributed by atoms with van der Waals surface area (Å²) in [7, 11) is 0. The summed E-state index contributed by atoms with van der Waals surface area (Å²) in [5.74, 6) is -0.437. The average molecular weight is 336 g/mol. The molecule has 0 radical (unpaired) electrons. The second-order valence-electron chi connectivity index (χ2n) is 4.20. The summed E-state index contributed by atoms with van der Waals surface area (Å²) >= 11 is 11.7. The molecular weight excluding hydrogens is 325 g/mol. The third kappa shape index (κ3) is 4.31. The SMILES string of the molecule is O=C(N/N=C(\C=N\O)c1cccc(Cl)c1)c1cccc(Cl)c1. The number of benzene rings is 2. The van der Waals surface area contributed by atoms with Gasteiger partial charge in [0.1, 0.15) is 5.71 Å². The van der Waals surface area contributed by atoms with E-state index < -0.39 is 5.91 Å². The molecule has 0 unspecified atom stereocenters. The minimum Gasteiger partial charge on any atom is -0.411 e. The fraction of sp³-hybridized carbons (Fsp3) is 0. The van der Waals surface area contributed by atoms with Gasteiger partial charge in [-0.1, -0.05) is 46.6 Å². The van der Waals surface area contributed by atoms with Gasteiger partial charge < -0.3 is 5.21 Å². The summed E-state index contributed by atoms with van der Waals surface area (Å²) < 4.78 is 0. The number of hydrogen-bond acceptors (Lipinski definition) is 4. The Morgan fingerprint density at radius 2 is 1.64 bits per heavy atom. The molecule has 1 amide bonds. The zero-order valence-corrected chi connectivity index (χ0v) is 12.7. The molecule has 0 aliphatic rings. The molecule has 2 aromatic rings. The second-order valence-corrected chi connectivity index (χ2v) is 5.08. The number of carbonyl (C=O) groups excluding carboxylic acids is 1. The van der Waals surface area contributed by atoms with Crippen LogP contribution in [0.3, 0.4) is 0 Å². The first-order valence-corrected chi connectivity index (χ1v) is 6.92. The molecule has 22 heavy (non-hydrogen) atoms. The number of halogens is 2. The molecule has 0 saturated heterocycles. The van der Waals surface area contributed by atoms with Crippen molar-refractivity contribution in [3.05, 3.63) is 69.7 Å². The normalized spacial score (nSPS) is 11.6. The molecule has 2 aromatic carbocycles. The Hall–Kier alpha value is -2.37. The Labute approximate surface area is 136 Å². The molecule has 2 rings (SSSR count). The van der Waals surface area contributed by atoms with E-state index in [1.54, 1.807) is 42.5 Å². The van der Waals surface area contributed by atoms with Gasteiger partial charge in [-0.25, -0.2) is 5.43 Å². The van der Waals surface area contributed by atoms with Crippen LogP contribution in [-0.2, 0) is 0 Å². The van der Waals surface area contributed by atoms with E-state index in [-0.39, 0.29) is 5.71 Å². The molecule has 112 valence electrons. The first kappa shape index (κ1) is 16.0. The first-order valence-electron chi connectivity index (χ1n) is 6.17. The maximum Gasteiger partial charge on any atom is 0.271 e. The van der Waals surface area contributed by atoms with Crippen LogP contribution in [0.5, 0.6) is 0 Å². The summed E-state index contributed by atoms with van der Waals surface area (Å²) in [6.45, 7) is 0. The van der Waals surface area contributed by atoms with E-state index >= 15 is 0 Å². The lowest BCUT2D eigenvalue weighted by atomic mass is 10.1. The van der Waals surface area contributed by atoms with Crippen molar-refractivity contribution in [1.82, 2.24) is 5.43 Å². The predicted molar refractivity (Wildman–Crippen MR) is 87.2 cm³/mol. The summed E-state index contributed by atoms with van der Waals surface area (Å²) in [6, 6.07) is 13.2. The van der Waals surface area contributed by atoms with Crippen LogP contribution in [0.15, 0.2) is 58.8 Å². The van der Waals surface area contributed by atoms with Crippen LogP contribution in [0.2, 0.25) is 10.0 Å². The van der Waals surface area contributed by atoms with Crippen LogP contribution in [0.4, 0.5) is 0 Å². The lowest BCUT2D eigenvalue weighted by molar-refractivity contribution is 0.0955. The van der Waals surface area contributed by atoms with Crippen LogP contribution in [0.25, 0.3) is 0 Å². The van der Waals surface area contributed by atoms with Crippen molar-refractivity contribution in [1.29, 1.82) is 0 Å². The smallest absolute Gasteiger partial charge is 0.271 e. The van der Waals surface area contributed by atoms with Crippen molar-refractivity contribution in [3.8, 4) is 0 Å². The molecule has 0 heterocycles. The van der Waals surface area contributed by atoms with Crippen molar-refractivity contribution in [2.75, 3.05) is 0 Å². The lowest BCUT2D eigenvalue weighted by Gasteiger charge is -2.04. The van der Waals surface area contributed by atoms with E-state index in [1.807, 2.05) is 0 Å². The maximum atomic E-state index is 12.0. The predicted octanol–water partition coefficient (Wildman–Crippen LogP) is 3.59. The van der Waals surface area contributed by atoms with Gasteiger partial charge in [0.05, 0.1) is 6.21 Å². The lowest BCUT2D eigenvalue weighted by Crippen LogP contribution is -2.20. The Morgan fingerprint density at radius 1 is 1.05 bits per heavy atom. The van der Waals surface area contributed by atoms with Gasteiger partial charge in [-0.3, -0.25) is 4.79 Å². The average Bonchev–Trinajstić information content (AvgIpc) is 2.51. The summed E-state index contributed by atoms with van der Waals surface area (Å²) in [6.07, 6.45) is 1.10. The number of carbonyl (C=O) groups is 1. The second kappa shape index (κ2) is 7.59. The zero-order valence-electron chi connectivity index (χ0n) is 11.2. The fourth-order valence-electron chi connectivity index (χ4n) is 1.68. The van der Waals surface area contributed by atoms with Gasteiger partial charge in [0.2, 0.25) is 0 Å². The van der Waals surface area contributed by atoms with E-state index in [4.69, 9.17) is 28.4 Å². The molecule has 0 spiro atoms. The van der Waals surface area contributed by atoms with Crippen molar-refractivity contribution < 1.29 is 10.0 Å². The molecule has 0 saturated carbocycles. The Kier molecular flexibility index (Phi) is 5.52. The number of amides is 1. The van der Waals surface area contributed by atoms with Gasteiger partial charge in [-0.05, 0) is 30.3 Å². The van der Waals surface area contributed by atoms with Crippen molar-refractivity contribution in [3.63, 3.8) is 0 Å². The van der Waals surface area contributed by atoms with E-state index in [1.165, 1.54) is 6.07 Å². The molecule has 0 atom stereocenters. The van der Waals surface area contributed by atoms with E-state index in [0.29, 0.717) is 21.2 Å². The molecule has 0 aromatic heterocycles. The zero-order chi connectivity index (χ0) is 15.9.